The molecule has 0 saturated heterocycles. The summed E-state index contributed by atoms with van der Waals surface area (Å²) in [6.45, 7) is 0.392. The molecular weight excluding hydrogens is 244 g/mol. The standard InChI is InChI=1S/C14H18N2O3/c1-16(12(10-19)5-3-7-17)8-13-11(9-18)4-2-6-14(13)15/h2,4,6-7,9-10,12H,3,5,8,15H2,1H3. The molecule has 5 heteroatoms. The van der Waals surface area contributed by atoms with Crippen LogP contribution in [0, 0.1) is 0 Å². The third kappa shape index (κ3) is 3.99. The third-order valence-electron chi connectivity index (χ3n) is 3.09. The van der Waals surface area contributed by atoms with E-state index in [9.17, 15) is 14.4 Å². The zero-order valence-electron chi connectivity index (χ0n) is 10.9. The highest BCUT2D eigenvalue weighted by Gasteiger charge is 2.16. The lowest BCUT2D eigenvalue weighted by molar-refractivity contribution is -0.113. The second-order valence-electron chi connectivity index (χ2n) is 4.40. The molecule has 0 bridgehead atoms. The maximum atomic E-state index is 11.0. The molecule has 102 valence electrons. The van der Waals surface area contributed by atoms with Crippen molar-refractivity contribution in [3.05, 3.63) is 29.3 Å². The quantitative estimate of drug-likeness (QED) is 0.559. The van der Waals surface area contributed by atoms with Crippen molar-refractivity contribution in [1.29, 1.82) is 0 Å². The number of benzene rings is 1. The van der Waals surface area contributed by atoms with E-state index in [1.165, 1.54) is 0 Å². The van der Waals surface area contributed by atoms with Gasteiger partial charge in [-0.2, -0.15) is 0 Å². The molecule has 1 aromatic carbocycles. The Bertz CT molecular complexity index is 460. The molecule has 0 spiro atoms. The summed E-state index contributed by atoms with van der Waals surface area (Å²) in [5.41, 5.74) is 7.61. The molecule has 1 aromatic rings. The highest BCUT2D eigenvalue weighted by atomic mass is 16.1. The molecule has 1 unspecified atom stereocenters. The van der Waals surface area contributed by atoms with Gasteiger partial charge in [-0.05, 0) is 25.1 Å². The first-order valence-electron chi connectivity index (χ1n) is 6.05. The van der Waals surface area contributed by atoms with Gasteiger partial charge in [-0.15, -0.1) is 0 Å². The summed E-state index contributed by atoms with van der Waals surface area (Å²) >= 11 is 0. The normalized spacial score (nSPS) is 12.1. The monoisotopic (exact) mass is 262 g/mol. The summed E-state index contributed by atoms with van der Waals surface area (Å²) in [5, 5.41) is 0. The highest BCUT2D eigenvalue weighted by Crippen LogP contribution is 2.19. The van der Waals surface area contributed by atoms with Gasteiger partial charge in [0, 0.05) is 24.2 Å². The van der Waals surface area contributed by atoms with Crippen molar-refractivity contribution in [2.45, 2.75) is 25.4 Å². The first-order valence-corrected chi connectivity index (χ1v) is 6.05. The SMILES string of the molecule is CN(Cc1c(N)cccc1C=O)C(C=O)CCC=O. The van der Waals surface area contributed by atoms with Crippen LogP contribution in [-0.4, -0.2) is 36.8 Å². The zero-order valence-corrected chi connectivity index (χ0v) is 10.9. The molecule has 0 amide bonds. The minimum Gasteiger partial charge on any atom is -0.398 e. The molecule has 0 aliphatic heterocycles. The van der Waals surface area contributed by atoms with Crippen molar-refractivity contribution < 1.29 is 14.4 Å². The number of nitrogens with zero attached hydrogens (tertiary/aromatic N) is 1. The number of carbonyl (C=O) groups is 3. The van der Waals surface area contributed by atoms with Crippen LogP contribution in [0.3, 0.4) is 0 Å². The first-order chi connectivity index (χ1) is 9.13. The molecule has 19 heavy (non-hydrogen) atoms. The Balaban J connectivity index is 2.85. The molecule has 1 rings (SSSR count). The van der Waals surface area contributed by atoms with Crippen molar-refractivity contribution in [1.82, 2.24) is 4.90 Å². The molecule has 0 saturated carbocycles. The molecule has 5 nitrogen and oxygen atoms in total. The Morgan fingerprint density at radius 3 is 2.63 bits per heavy atom. The fourth-order valence-electron chi connectivity index (χ4n) is 1.91. The van der Waals surface area contributed by atoms with Crippen LogP contribution in [0.1, 0.15) is 28.8 Å². The van der Waals surface area contributed by atoms with E-state index in [0.29, 0.717) is 36.2 Å². The zero-order chi connectivity index (χ0) is 14.3. The molecule has 0 aromatic heterocycles. The van der Waals surface area contributed by atoms with E-state index in [2.05, 4.69) is 0 Å². The predicted octanol–water partition coefficient (Wildman–Crippen LogP) is 1.06. The Morgan fingerprint density at radius 1 is 1.32 bits per heavy atom. The van der Waals surface area contributed by atoms with E-state index in [0.717, 1.165) is 18.9 Å². The van der Waals surface area contributed by atoms with Gasteiger partial charge in [0.15, 0.2) is 0 Å². The van der Waals surface area contributed by atoms with Crippen molar-refractivity contribution in [3.63, 3.8) is 0 Å². The molecule has 1 atom stereocenters. The largest absolute Gasteiger partial charge is 0.398 e. The minimum atomic E-state index is -0.357. The molecule has 0 fully saturated rings. The number of nitrogen functional groups attached to an aromatic ring is 1. The maximum Gasteiger partial charge on any atom is 0.150 e. The summed E-state index contributed by atoms with van der Waals surface area (Å²) in [6, 6.07) is 4.77. The summed E-state index contributed by atoms with van der Waals surface area (Å²) in [5.74, 6) is 0. The third-order valence-corrected chi connectivity index (χ3v) is 3.09. The molecule has 0 aliphatic carbocycles. The van der Waals surface area contributed by atoms with Crippen LogP contribution in [0.4, 0.5) is 5.69 Å². The van der Waals surface area contributed by atoms with Gasteiger partial charge >= 0.3 is 0 Å². The van der Waals surface area contributed by atoms with Gasteiger partial charge in [0.2, 0.25) is 0 Å². The number of anilines is 1. The smallest absolute Gasteiger partial charge is 0.150 e. The van der Waals surface area contributed by atoms with Crippen LogP contribution in [0.15, 0.2) is 18.2 Å². The lowest BCUT2D eigenvalue weighted by atomic mass is 10.0. The molecular formula is C14H18N2O3. The fourth-order valence-corrected chi connectivity index (χ4v) is 1.91. The number of rotatable bonds is 8. The highest BCUT2D eigenvalue weighted by molar-refractivity contribution is 5.80. The van der Waals surface area contributed by atoms with Gasteiger partial charge < -0.3 is 15.3 Å². The van der Waals surface area contributed by atoms with E-state index in [-0.39, 0.29) is 6.04 Å². The van der Waals surface area contributed by atoms with Gasteiger partial charge in [0.25, 0.3) is 0 Å². The van der Waals surface area contributed by atoms with Crippen LogP contribution >= 0.6 is 0 Å². The second-order valence-corrected chi connectivity index (χ2v) is 4.40. The second kappa shape index (κ2) is 7.43. The predicted molar refractivity (Wildman–Crippen MR) is 72.9 cm³/mol. The topological polar surface area (TPSA) is 80.5 Å². The van der Waals surface area contributed by atoms with Crippen LogP contribution in [-0.2, 0) is 16.1 Å². The fraction of sp³-hybridized carbons (Fsp3) is 0.357. The number of hydrogen-bond acceptors (Lipinski definition) is 5. The molecule has 2 N–H and O–H groups in total. The summed E-state index contributed by atoms with van der Waals surface area (Å²) < 4.78 is 0. The first kappa shape index (κ1) is 15.0. The van der Waals surface area contributed by atoms with Gasteiger partial charge in [-0.3, -0.25) is 9.69 Å². The van der Waals surface area contributed by atoms with Crippen molar-refractivity contribution >= 4 is 24.5 Å². The average Bonchev–Trinajstić information content (AvgIpc) is 2.42. The van der Waals surface area contributed by atoms with Gasteiger partial charge in [-0.1, -0.05) is 12.1 Å². The number of nitrogens with two attached hydrogens (primary N) is 1. The van der Waals surface area contributed by atoms with Crippen molar-refractivity contribution in [3.8, 4) is 0 Å². The summed E-state index contributed by atoms with van der Waals surface area (Å²) in [6.07, 6.45) is 3.15. The van der Waals surface area contributed by atoms with Crippen LogP contribution < -0.4 is 5.73 Å². The van der Waals surface area contributed by atoms with Crippen molar-refractivity contribution in [2.24, 2.45) is 0 Å². The van der Waals surface area contributed by atoms with Crippen LogP contribution in [0.25, 0.3) is 0 Å². The minimum absolute atomic E-state index is 0.332. The lowest BCUT2D eigenvalue weighted by Gasteiger charge is -2.24. The Kier molecular flexibility index (Phi) is 5.89. The Hall–Kier alpha value is -2.01. The molecule has 0 aliphatic rings. The van der Waals surface area contributed by atoms with Gasteiger partial charge in [0.05, 0.1) is 6.04 Å². The summed E-state index contributed by atoms with van der Waals surface area (Å²) in [7, 11) is 1.77. The molecule has 0 radical (unpaired) electrons. The lowest BCUT2D eigenvalue weighted by Crippen LogP contribution is -2.33. The van der Waals surface area contributed by atoms with Crippen LogP contribution in [0.2, 0.25) is 0 Å². The molecule has 0 heterocycles. The van der Waals surface area contributed by atoms with Crippen molar-refractivity contribution in [2.75, 3.05) is 12.8 Å². The van der Waals surface area contributed by atoms with E-state index in [1.54, 1.807) is 30.1 Å². The number of aldehydes is 3. The summed E-state index contributed by atoms with van der Waals surface area (Å²) in [4.78, 5) is 34.2. The number of likely N-dealkylation sites (N-methyl/N-ethyl adjacent to an activating group) is 1. The maximum absolute atomic E-state index is 11.0. The Labute approximate surface area is 112 Å². The van der Waals surface area contributed by atoms with Crippen LogP contribution in [0.5, 0.6) is 0 Å². The van der Waals surface area contributed by atoms with E-state index in [4.69, 9.17) is 5.73 Å². The number of carbonyl (C=O) groups excluding carboxylic acids is 3. The van der Waals surface area contributed by atoms with E-state index >= 15 is 0 Å². The average molecular weight is 262 g/mol. The van der Waals surface area contributed by atoms with Gasteiger partial charge in [0.1, 0.15) is 18.9 Å². The van der Waals surface area contributed by atoms with E-state index < -0.39 is 0 Å². The number of hydrogen-bond donors (Lipinski definition) is 1. The Morgan fingerprint density at radius 2 is 2.05 bits per heavy atom. The van der Waals surface area contributed by atoms with E-state index in [1.807, 2.05) is 0 Å². The van der Waals surface area contributed by atoms with Gasteiger partial charge in [-0.25, -0.2) is 0 Å².